The van der Waals surface area contributed by atoms with E-state index in [9.17, 15) is 0 Å². The fourth-order valence-electron chi connectivity index (χ4n) is 18.0. The number of para-hydroxylation sites is 4. The zero-order chi connectivity index (χ0) is 72.2. The average Bonchev–Trinajstić information content (AvgIpc) is 1.52. The van der Waals surface area contributed by atoms with Crippen molar-refractivity contribution < 1.29 is 0 Å². The summed E-state index contributed by atoms with van der Waals surface area (Å²) < 4.78 is 4.98. The van der Waals surface area contributed by atoms with E-state index in [1.54, 1.807) is 0 Å². The smallest absolute Gasteiger partial charge is 0.252 e. The molecule has 21 rings (SSSR count). The summed E-state index contributed by atoms with van der Waals surface area (Å²) in [4.78, 5) is 5.36. The van der Waals surface area contributed by atoms with Crippen molar-refractivity contribution in [2.75, 3.05) is 9.80 Å². The summed E-state index contributed by atoms with van der Waals surface area (Å²) >= 11 is 0. The van der Waals surface area contributed by atoms with Crippen molar-refractivity contribution in [2.24, 2.45) is 0 Å². The molecule has 0 unspecified atom stereocenters. The van der Waals surface area contributed by atoms with Crippen LogP contribution in [0.15, 0.2) is 394 Å². The normalized spacial score (nSPS) is 12.3. The number of anilines is 6. The maximum atomic E-state index is 2.68. The molecule has 2 aliphatic rings. The van der Waals surface area contributed by atoms with Gasteiger partial charge in [-0.2, -0.15) is 0 Å². The lowest BCUT2D eigenvalue weighted by Gasteiger charge is -2.45. The quantitative estimate of drug-likeness (QED) is 0.113. The topological polar surface area (TPSA) is 16.3 Å². The molecule has 0 atom stereocenters. The van der Waals surface area contributed by atoms with E-state index < -0.39 is 0 Å². The number of aryl methyl sites for hydroxylation is 2. The summed E-state index contributed by atoms with van der Waals surface area (Å²) in [5.74, 6) is 0. The summed E-state index contributed by atoms with van der Waals surface area (Å²) in [5.41, 5.74) is 37.9. The first-order chi connectivity index (χ1) is 53.9. The van der Waals surface area contributed by atoms with Gasteiger partial charge in [0.15, 0.2) is 0 Å². The SMILES string of the molecule is Cc1cc(-c2ccccc2)c(N2c3cc(-n4c5ccccc5c5ccccc54)ccc3B3c4ccc(-n5c6ccccc6c6ccccc65)cc4N(c4c(-c5ccccc5)cc(C)cc4-c4cccc(-c5cccc(-c6ccccc6)c5)c4)c4cccc2c43)c(-c2cccc(-c3cccc(-c4ccccc4)c3)c2)c1. The van der Waals surface area contributed by atoms with Gasteiger partial charge in [-0.15, -0.1) is 0 Å². The van der Waals surface area contributed by atoms with E-state index in [4.69, 9.17) is 0 Å². The van der Waals surface area contributed by atoms with Gasteiger partial charge in [0.05, 0.1) is 33.4 Å². The molecule has 4 heterocycles. The largest absolute Gasteiger partial charge is 0.310 e. The van der Waals surface area contributed by atoms with Crippen LogP contribution in [0.3, 0.4) is 0 Å². The van der Waals surface area contributed by atoms with E-state index in [0.29, 0.717) is 0 Å². The number of hydrogen-bond donors (Lipinski definition) is 0. The van der Waals surface area contributed by atoms with Gasteiger partial charge in [-0.1, -0.05) is 285 Å². The second-order valence-electron chi connectivity index (χ2n) is 29.2. The van der Waals surface area contributed by atoms with Crippen LogP contribution in [0, 0.1) is 13.8 Å². The van der Waals surface area contributed by atoms with Crippen LogP contribution < -0.4 is 26.2 Å². The average molecular weight is 1390 g/mol. The number of fused-ring (bicyclic) bond motifs is 10. The van der Waals surface area contributed by atoms with Crippen LogP contribution >= 0.6 is 0 Å². The van der Waals surface area contributed by atoms with Crippen molar-refractivity contribution in [1.29, 1.82) is 0 Å². The van der Waals surface area contributed by atoms with Gasteiger partial charge >= 0.3 is 0 Å². The Labute approximate surface area is 635 Å². The first kappa shape index (κ1) is 63.5. The Balaban J connectivity index is 0.869. The minimum atomic E-state index is -0.244. The number of aromatic nitrogens is 2. The fraction of sp³-hybridized carbons (Fsp3) is 0.0192. The lowest BCUT2D eigenvalue weighted by molar-refractivity contribution is 1.17. The van der Waals surface area contributed by atoms with Gasteiger partial charge < -0.3 is 18.9 Å². The van der Waals surface area contributed by atoms with Crippen LogP contribution in [0.1, 0.15) is 11.1 Å². The molecule has 2 aromatic heterocycles. The van der Waals surface area contributed by atoms with Crippen LogP contribution in [0.25, 0.3) is 144 Å². The van der Waals surface area contributed by atoms with E-state index in [1.165, 1.54) is 71.3 Å². The maximum Gasteiger partial charge on any atom is 0.252 e. The highest BCUT2D eigenvalue weighted by molar-refractivity contribution is 7.00. The van der Waals surface area contributed by atoms with E-state index in [1.807, 2.05) is 0 Å². The molecule has 0 bridgehead atoms. The highest BCUT2D eigenvalue weighted by Gasteiger charge is 2.45. The van der Waals surface area contributed by atoms with Crippen LogP contribution in [0.4, 0.5) is 34.1 Å². The van der Waals surface area contributed by atoms with Gasteiger partial charge in [-0.05, 0) is 217 Å². The summed E-state index contributed by atoms with van der Waals surface area (Å²) in [5, 5.41) is 4.88. The minimum Gasteiger partial charge on any atom is -0.310 e. The molecule has 0 fully saturated rings. The molecule has 510 valence electrons. The molecule has 0 saturated carbocycles. The van der Waals surface area contributed by atoms with Crippen molar-refractivity contribution in [1.82, 2.24) is 9.13 Å². The zero-order valence-corrected chi connectivity index (χ0v) is 60.4. The predicted octanol–water partition coefficient (Wildman–Crippen LogP) is 25.9. The Morgan fingerprint density at radius 3 is 0.817 bits per heavy atom. The van der Waals surface area contributed by atoms with E-state index in [0.717, 1.165) is 134 Å². The van der Waals surface area contributed by atoms with Crippen LogP contribution in [-0.4, -0.2) is 15.8 Å². The Bertz CT molecular complexity index is 6320. The Morgan fingerprint density at radius 1 is 0.202 bits per heavy atom. The first-order valence-corrected chi connectivity index (χ1v) is 37.8. The highest BCUT2D eigenvalue weighted by atomic mass is 15.2. The number of nitrogens with zero attached hydrogens (tertiary/aromatic N) is 4. The summed E-state index contributed by atoms with van der Waals surface area (Å²) in [6, 6.07) is 148. The summed E-state index contributed by atoms with van der Waals surface area (Å²) in [7, 11) is 0. The molecular formula is C104H71BN4. The molecule has 4 nitrogen and oxygen atoms in total. The first-order valence-electron chi connectivity index (χ1n) is 37.8. The third-order valence-electron chi connectivity index (χ3n) is 22.7. The molecule has 0 radical (unpaired) electrons. The summed E-state index contributed by atoms with van der Waals surface area (Å²) in [6.45, 7) is 4.29. The molecule has 0 spiro atoms. The van der Waals surface area contributed by atoms with Gasteiger partial charge in [0, 0.05) is 77.9 Å². The van der Waals surface area contributed by atoms with Gasteiger partial charge in [0.2, 0.25) is 0 Å². The van der Waals surface area contributed by atoms with Gasteiger partial charge in [0.25, 0.3) is 6.71 Å². The number of rotatable bonds is 12. The third kappa shape index (κ3) is 10.6. The standard InChI is InChI=1S/C104H71BN4/c1-68-58-88(72-32-11-5-12-33-72)103(90(60-68)80-42-25-40-78(64-80)76-38-23-36-74(62-76)70-28-7-3-8-29-70)108-98-52-27-53-99-102(98)105(92-56-54-82(66-100(92)108)106-94-48-19-15-44-84(94)85-45-16-20-49-95(85)106)93-57-55-83(107-96-50-21-17-46-86(96)87-47-18-22-51-97(87)107)67-101(93)109(99)104-89(73-34-13-6-14-35-73)59-69(2)61-91(104)81-43-26-41-79(65-81)77-39-24-37-75(63-77)71-30-9-4-10-31-71/h3-67H,1-2H3. The number of hydrogen-bond acceptors (Lipinski definition) is 2. The van der Waals surface area contributed by atoms with Crippen molar-refractivity contribution in [3.63, 3.8) is 0 Å². The Kier molecular flexibility index (Phi) is 15.1. The lowest BCUT2D eigenvalue weighted by Crippen LogP contribution is -2.61. The molecular weight excluding hydrogens is 1320 g/mol. The zero-order valence-electron chi connectivity index (χ0n) is 60.4. The molecule has 0 saturated heterocycles. The maximum absolute atomic E-state index is 2.68. The molecule has 2 aliphatic heterocycles. The Morgan fingerprint density at radius 2 is 0.468 bits per heavy atom. The number of benzene rings is 17. The van der Waals surface area contributed by atoms with Crippen LogP contribution in [-0.2, 0) is 0 Å². The molecule has 19 aromatic rings. The van der Waals surface area contributed by atoms with E-state index in [2.05, 4.69) is 427 Å². The second-order valence-corrected chi connectivity index (χ2v) is 29.2. The molecule has 0 aliphatic carbocycles. The van der Waals surface area contributed by atoms with Crippen LogP contribution in [0.5, 0.6) is 0 Å². The third-order valence-corrected chi connectivity index (χ3v) is 22.7. The van der Waals surface area contributed by atoms with Gasteiger partial charge in [-0.25, -0.2) is 0 Å². The molecule has 109 heavy (non-hydrogen) atoms. The fourth-order valence-corrected chi connectivity index (χ4v) is 18.0. The Hall–Kier alpha value is -14.0. The van der Waals surface area contributed by atoms with Gasteiger partial charge in [-0.3, -0.25) is 0 Å². The van der Waals surface area contributed by atoms with Crippen molar-refractivity contribution in [3.8, 4) is 100 Å². The molecule has 0 amide bonds. The monoisotopic (exact) mass is 1390 g/mol. The van der Waals surface area contributed by atoms with E-state index >= 15 is 0 Å². The highest BCUT2D eigenvalue weighted by Crippen LogP contribution is 2.54. The molecule has 17 aromatic carbocycles. The van der Waals surface area contributed by atoms with E-state index in [-0.39, 0.29) is 6.71 Å². The molecule has 0 N–H and O–H groups in total. The van der Waals surface area contributed by atoms with Gasteiger partial charge in [0.1, 0.15) is 0 Å². The molecule has 5 heteroatoms. The van der Waals surface area contributed by atoms with Crippen molar-refractivity contribution >= 4 is 101 Å². The second kappa shape index (κ2) is 26.0. The van der Waals surface area contributed by atoms with Crippen molar-refractivity contribution in [2.45, 2.75) is 13.8 Å². The summed E-state index contributed by atoms with van der Waals surface area (Å²) in [6.07, 6.45) is 0. The lowest BCUT2D eigenvalue weighted by atomic mass is 9.33. The predicted molar refractivity (Wildman–Crippen MR) is 462 cm³/mol. The van der Waals surface area contributed by atoms with Crippen molar-refractivity contribution in [3.05, 3.63) is 405 Å². The minimum absolute atomic E-state index is 0.244. The van der Waals surface area contributed by atoms with Crippen LogP contribution in [0.2, 0.25) is 0 Å².